The fraction of sp³-hybridized carbons (Fsp3) is 0.381. The topological polar surface area (TPSA) is 17.1 Å². The highest BCUT2D eigenvalue weighted by Gasteiger charge is 2.39. The molecule has 2 aromatic rings. The summed E-state index contributed by atoms with van der Waals surface area (Å²) in [4.78, 5) is 13.1. The van der Waals surface area contributed by atoms with Gasteiger partial charge >= 0.3 is 0 Å². The van der Waals surface area contributed by atoms with Crippen LogP contribution in [0.5, 0.6) is 0 Å². The fourth-order valence-electron chi connectivity index (χ4n) is 3.31. The summed E-state index contributed by atoms with van der Waals surface area (Å²) in [5.41, 5.74) is -0.427. The van der Waals surface area contributed by atoms with E-state index in [4.69, 9.17) is 0 Å². The highest BCUT2D eigenvalue weighted by molar-refractivity contribution is 5.89. The minimum absolute atomic E-state index is 0.00139. The van der Waals surface area contributed by atoms with Crippen molar-refractivity contribution in [3.05, 3.63) is 71.3 Å². The average Bonchev–Trinajstić information content (AvgIpc) is 2.51. The lowest BCUT2D eigenvalue weighted by atomic mass is 9.68. The van der Waals surface area contributed by atoms with Gasteiger partial charge in [0.25, 0.3) is 0 Å². The molecule has 0 aliphatic rings. The van der Waals surface area contributed by atoms with E-state index in [0.717, 1.165) is 0 Å². The maximum atomic E-state index is 13.9. The van der Waals surface area contributed by atoms with Crippen LogP contribution in [0.4, 0.5) is 8.78 Å². The third-order valence-corrected chi connectivity index (χ3v) is 4.41. The van der Waals surface area contributed by atoms with Gasteiger partial charge in [0.15, 0.2) is 0 Å². The van der Waals surface area contributed by atoms with Gasteiger partial charge in [-0.25, -0.2) is 8.78 Å². The lowest BCUT2D eigenvalue weighted by Crippen LogP contribution is -2.40. The Balaban J connectivity index is 2.21. The van der Waals surface area contributed by atoms with Gasteiger partial charge in [0.05, 0.1) is 0 Å². The Bertz CT molecular complexity index is 671. The summed E-state index contributed by atoms with van der Waals surface area (Å²) >= 11 is 0. The number of halogens is 2. The molecule has 0 fully saturated rings. The molecule has 0 saturated heterocycles. The quantitative estimate of drug-likeness (QED) is 0.696. The molecule has 128 valence electrons. The van der Waals surface area contributed by atoms with E-state index >= 15 is 0 Å². The Morgan fingerprint density at radius 1 is 0.750 bits per heavy atom. The van der Waals surface area contributed by atoms with Crippen molar-refractivity contribution in [2.75, 3.05) is 0 Å². The first-order chi connectivity index (χ1) is 11.1. The summed E-state index contributed by atoms with van der Waals surface area (Å²) in [6.45, 7) is 7.30. The number of hydrogen-bond donors (Lipinski definition) is 0. The van der Waals surface area contributed by atoms with Crippen LogP contribution in [0.25, 0.3) is 0 Å². The number of hydrogen-bond acceptors (Lipinski definition) is 1. The monoisotopic (exact) mass is 330 g/mol. The van der Waals surface area contributed by atoms with Crippen molar-refractivity contribution in [3.63, 3.8) is 0 Å². The van der Waals surface area contributed by atoms with Crippen LogP contribution in [0, 0.1) is 22.5 Å². The molecule has 2 rings (SSSR count). The Hall–Kier alpha value is -2.03. The van der Waals surface area contributed by atoms with Crippen LogP contribution in [0.2, 0.25) is 0 Å². The molecule has 0 aliphatic heterocycles. The lowest BCUT2D eigenvalue weighted by molar-refractivity contribution is -0.135. The van der Waals surface area contributed by atoms with Crippen molar-refractivity contribution >= 4 is 5.78 Å². The predicted molar refractivity (Wildman–Crippen MR) is 92.8 cm³/mol. The third-order valence-electron chi connectivity index (χ3n) is 4.41. The largest absolute Gasteiger partial charge is 0.298 e. The summed E-state index contributed by atoms with van der Waals surface area (Å²) in [5, 5.41) is 0. The van der Waals surface area contributed by atoms with E-state index in [0.29, 0.717) is 24.0 Å². The molecule has 24 heavy (non-hydrogen) atoms. The van der Waals surface area contributed by atoms with E-state index in [2.05, 4.69) is 0 Å². The summed E-state index contributed by atoms with van der Waals surface area (Å²) in [6.07, 6.45) is 0.637. The van der Waals surface area contributed by atoms with Gasteiger partial charge in [0.1, 0.15) is 17.4 Å². The molecule has 0 amide bonds. The van der Waals surface area contributed by atoms with Gasteiger partial charge in [-0.2, -0.15) is 0 Å². The van der Waals surface area contributed by atoms with Crippen LogP contribution < -0.4 is 0 Å². The maximum absolute atomic E-state index is 13.9. The number of carbonyl (C=O) groups is 1. The highest BCUT2D eigenvalue weighted by atomic mass is 19.1. The second-order valence-corrected chi connectivity index (χ2v) is 7.63. The minimum atomic E-state index is -0.739. The average molecular weight is 330 g/mol. The SMILES string of the molecule is CC(C)(Cc1ccccc1F)C(=O)C(C)(C)Cc1ccccc1F. The van der Waals surface area contributed by atoms with E-state index in [1.807, 2.05) is 27.7 Å². The smallest absolute Gasteiger partial charge is 0.144 e. The number of rotatable bonds is 6. The zero-order valence-electron chi connectivity index (χ0n) is 14.7. The molecule has 3 heteroatoms. The minimum Gasteiger partial charge on any atom is -0.298 e. The van der Waals surface area contributed by atoms with Gasteiger partial charge in [-0.15, -0.1) is 0 Å². The second kappa shape index (κ2) is 6.84. The zero-order valence-corrected chi connectivity index (χ0v) is 14.7. The molecule has 0 bridgehead atoms. The zero-order chi connectivity index (χ0) is 18.0. The molecule has 0 aliphatic carbocycles. The normalized spacial score (nSPS) is 12.2. The van der Waals surface area contributed by atoms with E-state index in [9.17, 15) is 13.6 Å². The van der Waals surface area contributed by atoms with Crippen LogP contribution in [0.1, 0.15) is 38.8 Å². The summed E-state index contributed by atoms with van der Waals surface area (Å²) < 4.78 is 27.8. The Labute approximate surface area is 142 Å². The molecule has 0 aromatic heterocycles. The number of carbonyl (C=O) groups excluding carboxylic acids is 1. The highest BCUT2D eigenvalue weighted by Crippen LogP contribution is 2.35. The lowest BCUT2D eigenvalue weighted by Gasteiger charge is -2.34. The van der Waals surface area contributed by atoms with Crippen molar-refractivity contribution in [1.29, 1.82) is 0 Å². The first-order valence-electron chi connectivity index (χ1n) is 8.15. The fourth-order valence-corrected chi connectivity index (χ4v) is 3.31. The molecule has 0 unspecified atom stereocenters. The Kier molecular flexibility index (Phi) is 5.22. The van der Waals surface area contributed by atoms with Crippen molar-refractivity contribution in [1.82, 2.24) is 0 Å². The number of Topliss-reactive ketones (excluding diaryl/α,β-unsaturated/α-hetero) is 1. The van der Waals surface area contributed by atoms with Crippen molar-refractivity contribution in [2.24, 2.45) is 10.8 Å². The molecule has 0 radical (unpaired) electrons. The van der Waals surface area contributed by atoms with Gasteiger partial charge in [0, 0.05) is 10.8 Å². The van der Waals surface area contributed by atoms with Gasteiger partial charge in [-0.05, 0) is 36.1 Å². The van der Waals surface area contributed by atoms with Gasteiger partial charge < -0.3 is 0 Å². The van der Waals surface area contributed by atoms with Crippen LogP contribution in [-0.4, -0.2) is 5.78 Å². The van der Waals surface area contributed by atoms with Crippen LogP contribution in [0.3, 0.4) is 0 Å². The molecular formula is C21H24F2O. The Morgan fingerprint density at radius 3 is 1.42 bits per heavy atom. The van der Waals surface area contributed by atoms with E-state index in [-0.39, 0.29) is 17.4 Å². The predicted octanol–water partition coefficient (Wildman–Crippen LogP) is 5.37. The summed E-state index contributed by atoms with van der Waals surface area (Å²) in [5.74, 6) is -0.600. The van der Waals surface area contributed by atoms with Gasteiger partial charge in [-0.3, -0.25) is 4.79 Å². The second-order valence-electron chi connectivity index (χ2n) is 7.63. The van der Waals surface area contributed by atoms with E-state index in [1.165, 1.54) is 12.1 Å². The van der Waals surface area contributed by atoms with Crippen molar-refractivity contribution < 1.29 is 13.6 Å². The molecule has 0 saturated carbocycles. The molecule has 2 aromatic carbocycles. The molecular weight excluding hydrogens is 306 g/mol. The molecule has 0 atom stereocenters. The third kappa shape index (κ3) is 4.08. The summed E-state index contributed by atoms with van der Waals surface area (Å²) in [7, 11) is 0. The molecule has 0 heterocycles. The number of benzene rings is 2. The van der Waals surface area contributed by atoms with Crippen LogP contribution in [-0.2, 0) is 17.6 Å². The first-order valence-corrected chi connectivity index (χ1v) is 8.15. The molecule has 1 nitrogen and oxygen atoms in total. The van der Waals surface area contributed by atoms with E-state index < -0.39 is 10.8 Å². The van der Waals surface area contributed by atoms with Gasteiger partial charge in [-0.1, -0.05) is 64.1 Å². The van der Waals surface area contributed by atoms with E-state index in [1.54, 1.807) is 36.4 Å². The number of ketones is 1. The van der Waals surface area contributed by atoms with Crippen molar-refractivity contribution in [2.45, 2.75) is 40.5 Å². The molecule has 0 spiro atoms. The molecule has 0 N–H and O–H groups in total. The van der Waals surface area contributed by atoms with Crippen LogP contribution in [0.15, 0.2) is 48.5 Å². The van der Waals surface area contributed by atoms with Crippen molar-refractivity contribution in [3.8, 4) is 0 Å². The summed E-state index contributed by atoms with van der Waals surface area (Å²) in [6, 6.07) is 13.0. The van der Waals surface area contributed by atoms with Gasteiger partial charge in [0.2, 0.25) is 0 Å². The standard InChI is InChI=1S/C21H24F2O/c1-20(2,13-15-9-5-7-11-17(15)22)19(24)21(3,4)14-16-10-6-8-12-18(16)23/h5-12H,13-14H2,1-4H3. The first kappa shape index (κ1) is 18.3. The Morgan fingerprint density at radius 2 is 1.08 bits per heavy atom. The maximum Gasteiger partial charge on any atom is 0.144 e. The van der Waals surface area contributed by atoms with Crippen LogP contribution >= 0.6 is 0 Å².